The van der Waals surface area contributed by atoms with Gasteiger partial charge in [-0.05, 0) is 44.0 Å². The number of amides is 1. The van der Waals surface area contributed by atoms with Crippen molar-refractivity contribution >= 4 is 17.4 Å². The van der Waals surface area contributed by atoms with Crippen LogP contribution < -0.4 is 10.6 Å². The molecule has 1 saturated heterocycles. The third-order valence-electron chi connectivity index (χ3n) is 4.76. The van der Waals surface area contributed by atoms with Gasteiger partial charge in [-0.1, -0.05) is 0 Å². The number of anilines is 1. The number of hydrogen-bond acceptors (Lipinski definition) is 4. The van der Waals surface area contributed by atoms with Crippen LogP contribution in [-0.2, 0) is 0 Å². The van der Waals surface area contributed by atoms with Gasteiger partial charge in [-0.15, -0.1) is 0 Å². The van der Waals surface area contributed by atoms with Crippen LogP contribution in [0.5, 0.6) is 0 Å². The van der Waals surface area contributed by atoms with E-state index in [0.717, 1.165) is 18.6 Å². The van der Waals surface area contributed by atoms with E-state index >= 15 is 0 Å². The molecule has 0 unspecified atom stereocenters. The van der Waals surface area contributed by atoms with Crippen LogP contribution >= 0.6 is 0 Å². The van der Waals surface area contributed by atoms with Crippen LogP contribution in [0.25, 0.3) is 5.65 Å². The maximum atomic E-state index is 14.2. The van der Waals surface area contributed by atoms with Crippen LogP contribution in [0.2, 0.25) is 0 Å². The van der Waals surface area contributed by atoms with Crippen LogP contribution in [0.15, 0.2) is 30.5 Å². The van der Waals surface area contributed by atoms with Crippen molar-refractivity contribution in [3.8, 4) is 0 Å². The number of carbonyl (C=O) groups excluding carboxylic acids is 1. The summed E-state index contributed by atoms with van der Waals surface area (Å²) >= 11 is 0. The van der Waals surface area contributed by atoms with Crippen LogP contribution in [0, 0.1) is 18.6 Å². The first-order chi connectivity index (χ1) is 12.5. The van der Waals surface area contributed by atoms with E-state index in [4.69, 9.17) is 5.73 Å². The highest BCUT2D eigenvalue weighted by atomic mass is 19.1. The van der Waals surface area contributed by atoms with Crippen molar-refractivity contribution in [1.82, 2.24) is 14.6 Å². The number of fused-ring (bicyclic) bond motifs is 1. The monoisotopic (exact) mass is 357 g/mol. The van der Waals surface area contributed by atoms with Gasteiger partial charge in [0.05, 0.1) is 11.7 Å². The Morgan fingerprint density at radius 2 is 2.12 bits per heavy atom. The molecule has 6 nitrogen and oxygen atoms in total. The number of rotatable bonds is 3. The number of aryl methyl sites for hydroxylation is 1. The predicted octanol–water partition coefficient (Wildman–Crippen LogP) is 2.76. The number of nitrogens with zero attached hydrogens (tertiary/aromatic N) is 4. The molecular weight excluding hydrogens is 340 g/mol. The minimum atomic E-state index is -0.601. The largest absolute Gasteiger partial charge is 0.365 e. The molecule has 0 spiro atoms. The lowest BCUT2D eigenvalue weighted by atomic mass is 10.0. The Bertz CT molecular complexity index is 1020. The number of primary amides is 1. The highest BCUT2D eigenvalue weighted by Crippen LogP contribution is 2.36. The Hall–Kier alpha value is -3.03. The topological polar surface area (TPSA) is 76.5 Å². The number of benzene rings is 1. The van der Waals surface area contributed by atoms with E-state index in [0.29, 0.717) is 35.7 Å². The molecule has 2 N–H and O–H groups in total. The number of aromatic nitrogens is 3. The summed E-state index contributed by atoms with van der Waals surface area (Å²) in [5, 5.41) is 4.23. The first-order valence-electron chi connectivity index (χ1n) is 8.33. The van der Waals surface area contributed by atoms with Crippen molar-refractivity contribution in [2.75, 3.05) is 11.4 Å². The van der Waals surface area contributed by atoms with Gasteiger partial charge in [-0.3, -0.25) is 4.79 Å². The number of nitrogens with two attached hydrogens (primary N) is 1. The van der Waals surface area contributed by atoms with Crippen LogP contribution in [0.1, 0.15) is 40.5 Å². The van der Waals surface area contributed by atoms with E-state index in [1.807, 2.05) is 4.90 Å². The quantitative estimate of drug-likeness (QED) is 0.782. The second-order valence-corrected chi connectivity index (χ2v) is 6.40. The molecule has 1 aliphatic rings. The maximum Gasteiger partial charge on any atom is 0.254 e. The molecule has 3 aromatic rings. The van der Waals surface area contributed by atoms with E-state index < -0.39 is 17.5 Å². The summed E-state index contributed by atoms with van der Waals surface area (Å²) in [5.41, 5.74) is 6.87. The standard InChI is InChI=1S/C18H17F2N5O/c1-10-16(17(21)26)18-22-15(6-8-25(18)23-10)24-7-2-3-14(24)12-9-11(19)4-5-13(12)20/h4-6,8-9,14H,2-3,7H2,1H3,(H2,21,26)/t14-/m1/s1. The lowest BCUT2D eigenvalue weighted by Crippen LogP contribution is -2.25. The Morgan fingerprint density at radius 1 is 1.31 bits per heavy atom. The molecule has 1 aromatic carbocycles. The Kier molecular flexibility index (Phi) is 3.82. The van der Waals surface area contributed by atoms with E-state index in [2.05, 4.69) is 10.1 Å². The fourth-order valence-electron chi connectivity index (χ4n) is 3.61. The fourth-order valence-corrected chi connectivity index (χ4v) is 3.61. The zero-order valence-corrected chi connectivity index (χ0v) is 14.1. The van der Waals surface area contributed by atoms with Gasteiger partial charge in [-0.25, -0.2) is 18.3 Å². The number of hydrogen-bond donors (Lipinski definition) is 1. The van der Waals surface area contributed by atoms with Crippen LogP contribution in [0.4, 0.5) is 14.6 Å². The molecule has 0 radical (unpaired) electrons. The summed E-state index contributed by atoms with van der Waals surface area (Å²) in [6.45, 7) is 2.35. The number of halogens is 2. The summed E-state index contributed by atoms with van der Waals surface area (Å²) in [5.74, 6) is -0.941. The molecular formula is C18H17F2N5O. The molecule has 0 aliphatic carbocycles. The van der Waals surface area contributed by atoms with Gasteiger partial charge in [0.25, 0.3) is 5.91 Å². The molecule has 134 valence electrons. The van der Waals surface area contributed by atoms with Gasteiger partial charge in [-0.2, -0.15) is 5.10 Å². The summed E-state index contributed by atoms with van der Waals surface area (Å²) in [4.78, 5) is 18.2. The molecule has 1 aliphatic heterocycles. The van der Waals surface area contributed by atoms with Crippen LogP contribution in [0.3, 0.4) is 0 Å². The maximum absolute atomic E-state index is 14.2. The smallest absolute Gasteiger partial charge is 0.254 e. The molecule has 1 fully saturated rings. The van der Waals surface area contributed by atoms with E-state index in [9.17, 15) is 13.6 Å². The van der Waals surface area contributed by atoms with Crippen molar-refractivity contribution in [1.29, 1.82) is 0 Å². The molecule has 2 aromatic heterocycles. The molecule has 1 atom stereocenters. The Balaban J connectivity index is 1.80. The van der Waals surface area contributed by atoms with Crippen molar-refractivity contribution < 1.29 is 13.6 Å². The van der Waals surface area contributed by atoms with Gasteiger partial charge in [0.1, 0.15) is 23.0 Å². The van der Waals surface area contributed by atoms with Gasteiger partial charge in [0.15, 0.2) is 5.65 Å². The zero-order valence-electron chi connectivity index (χ0n) is 14.1. The first kappa shape index (κ1) is 16.4. The molecule has 4 rings (SSSR count). The summed E-state index contributed by atoms with van der Waals surface area (Å²) in [6, 6.07) is 4.91. The molecule has 1 amide bonds. The van der Waals surface area contributed by atoms with E-state index in [1.165, 1.54) is 10.6 Å². The second-order valence-electron chi connectivity index (χ2n) is 6.40. The van der Waals surface area contributed by atoms with Crippen molar-refractivity contribution in [2.24, 2.45) is 5.73 Å². The number of carbonyl (C=O) groups is 1. The normalized spacial score (nSPS) is 17.2. The van der Waals surface area contributed by atoms with Crippen molar-refractivity contribution in [2.45, 2.75) is 25.8 Å². The van der Waals surface area contributed by atoms with E-state index in [1.54, 1.807) is 19.2 Å². The average molecular weight is 357 g/mol. The Labute approximate surface area is 148 Å². The summed E-state index contributed by atoms with van der Waals surface area (Å²) in [6.07, 6.45) is 3.21. The Morgan fingerprint density at radius 3 is 2.88 bits per heavy atom. The van der Waals surface area contributed by atoms with Gasteiger partial charge in [0, 0.05) is 18.3 Å². The molecule has 3 heterocycles. The fraction of sp³-hybridized carbons (Fsp3) is 0.278. The van der Waals surface area contributed by atoms with Gasteiger partial charge < -0.3 is 10.6 Å². The predicted molar refractivity (Wildman–Crippen MR) is 91.9 cm³/mol. The zero-order chi connectivity index (χ0) is 18.4. The molecule has 8 heteroatoms. The minimum Gasteiger partial charge on any atom is -0.365 e. The third kappa shape index (κ3) is 2.58. The lowest BCUT2D eigenvalue weighted by molar-refractivity contribution is 0.100. The van der Waals surface area contributed by atoms with E-state index in [-0.39, 0.29) is 11.6 Å². The van der Waals surface area contributed by atoms with Gasteiger partial charge >= 0.3 is 0 Å². The minimum absolute atomic E-state index is 0.263. The molecule has 0 saturated carbocycles. The second kappa shape index (κ2) is 6.05. The van der Waals surface area contributed by atoms with Gasteiger partial charge in [0.2, 0.25) is 0 Å². The third-order valence-corrected chi connectivity index (χ3v) is 4.76. The van der Waals surface area contributed by atoms with Crippen LogP contribution in [-0.4, -0.2) is 27.0 Å². The molecule has 26 heavy (non-hydrogen) atoms. The summed E-state index contributed by atoms with van der Waals surface area (Å²) in [7, 11) is 0. The molecule has 0 bridgehead atoms. The average Bonchev–Trinajstić information content (AvgIpc) is 3.19. The lowest BCUT2D eigenvalue weighted by Gasteiger charge is -2.26. The first-order valence-corrected chi connectivity index (χ1v) is 8.33. The summed E-state index contributed by atoms with van der Waals surface area (Å²) < 4.78 is 29.4. The van der Waals surface area contributed by atoms with Crippen molar-refractivity contribution in [3.05, 3.63) is 58.9 Å². The highest BCUT2D eigenvalue weighted by molar-refractivity contribution is 6.00. The van der Waals surface area contributed by atoms with Crippen molar-refractivity contribution in [3.63, 3.8) is 0 Å². The highest BCUT2D eigenvalue weighted by Gasteiger charge is 2.30. The SMILES string of the molecule is Cc1nn2ccc(N3CCC[C@@H]3c3cc(F)ccc3F)nc2c1C(N)=O.